The molecule has 0 spiro atoms. The molecule has 3 nitrogen and oxygen atoms in total. The van der Waals surface area contributed by atoms with E-state index in [1.165, 1.54) is 6.54 Å². The first-order valence-corrected chi connectivity index (χ1v) is 6.09. The summed E-state index contributed by atoms with van der Waals surface area (Å²) >= 11 is 0. The second-order valence-corrected chi connectivity index (χ2v) is 5.29. The molecule has 0 aromatic heterocycles. The van der Waals surface area contributed by atoms with E-state index in [9.17, 15) is 0 Å². The molecule has 0 radical (unpaired) electrons. The standard InChI is InChI=1S/C12H26N2O/c1-10(2)7-14-8-11(3)13(4)12(9-14)5-6-15/h10-12,15H,5-9H2,1-4H3. The average Bonchev–Trinajstić information content (AvgIpc) is 2.12. The molecule has 1 aliphatic rings. The number of likely N-dealkylation sites (N-methyl/N-ethyl adjacent to an activating group) is 1. The van der Waals surface area contributed by atoms with Gasteiger partial charge in [-0.15, -0.1) is 0 Å². The molecule has 0 bridgehead atoms. The monoisotopic (exact) mass is 214 g/mol. The van der Waals surface area contributed by atoms with Crippen LogP contribution in [-0.2, 0) is 0 Å². The van der Waals surface area contributed by atoms with Crippen molar-refractivity contribution in [3.05, 3.63) is 0 Å². The highest BCUT2D eigenvalue weighted by molar-refractivity contribution is 4.85. The van der Waals surface area contributed by atoms with Crippen molar-refractivity contribution in [2.24, 2.45) is 5.92 Å². The van der Waals surface area contributed by atoms with Crippen LogP contribution < -0.4 is 0 Å². The second-order valence-electron chi connectivity index (χ2n) is 5.29. The first-order valence-electron chi connectivity index (χ1n) is 6.09. The maximum atomic E-state index is 9.05. The van der Waals surface area contributed by atoms with E-state index >= 15 is 0 Å². The second kappa shape index (κ2) is 5.83. The van der Waals surface area contributed by atoms with Crippen molar-refractivity contribution in [1.29, 1.82) is 0 Å². The van der Waals surface area contributed by atoms with Crippen LogP contribution in [0.3, 0.4) is 0 Å². The molecule has 1 aliphatic heterocycles. The van der Waals surface area contributed by atoms with Gasteiger partial charge in [-0.2, -0.15) is 0 Å². The Morgan fingerprint density at radius 3 is 2.53 bits per heavy atom. The maximum absolute atomic E-state index is 9.05. The van der Waals surface area contributed by atoms with Crippen LogP contribution in [-0.4, -0.2) is 60.3 Å². The molecule has 0 aromatic carbocycles. The van der Waals surface area contributed by atoms with E-state index < -0.39 is 0 Å². The molecule has 0 aliphatic carbocycles. The number of hydrogen-bond donors (Lipinski definition) is 1. The summed E-state index contributed by atoms with van der Waals surface area (Å²) < 4.78 is 0. The van der Waals surface area contributed by atoms with Crippen LogP contribution in [0, 0.1) is 5.92 Å². The smallest absolute Gasteiger partial charge is 0.0446 e. The van der Waals surface area contributed by atoms with Gasteiger partial charge in [-0.3, -0.25) is 9.80 Å². The van der Waals surface area contributed by atoms with Crippen LogP contribution >= 0.6 is 0 Å². The van der Waals surface area contributed by atoms with Crippen LogP contribution in [0.2, 0.25) is 0 Å². The van der Waals surface area contributed by atoms with Crippen molar-refractivity contribution in [2.45, 2.75) is 39.3 Å². The van der Waals surface area contributed by atoms with E-state index in [2.05, 4.69) is 37.6 Å². The molecule has 0 aromatic rings. The highest BCUT2D eigenvalue weighted by Crippen LogP contribution is 2.16. The third kappa shape index (κ3) is 3.74. The van der Waals surface area contributed by atoms with Gasteiger partial charge >= 0.3 is 0 Å². The lowest BCUT2D eigenvalue weighted by Crippen LogP contribution is -2.56. The summed E-state index contributed by atoms with van der Waals surface area (Å²) in [6.07, 6.45) is 0.898. The number of piperazine rings is 1. The first kappa shape index (κ1) is 12.9. The van der Waals surface area contributed by atoms with Gasteiger partial charge in [-0.05, 0) is 26.3 Å². The largest absolute Gasteiger partial charge is 0.396 e. The summed E-state index contributed by atoms with van der Waals surface area (Å²) in [5.74, 6) is 0.732. The van der Waals surface area contributed by atoms with Crippen LogP contribution in [0.4, 0.5) is 0 Å². The van der Waals surface area contributed by atoms with E-state index in [-0.39, 0.29) is 0 Å². The topological polar surface area (TPSA) is 26.7 Å². The zero-order chi connectivity index (χ0) is 11.4. The minimum Gasteiger partial charge on any atom is -0.396 e. The third-order valence-corrected chi connectivity index (χ3v) is 3.35. The molecule has 1 rings (SSSR count). The zero-order valence-corrected chi connectivity index (χ0v) is 10.6. The Kier molecular flexibility index (Phi) is 5.03. The molecule has 0 amide bonds. The molecule has 0 saturated carbocycles. The minimum atomic E-state index is 0.303. The average molecular weight is 214 g/mol. The predicted molar refractivity (Wildman–Crippen MR) is 64.0 cm³/mol. The number of rotatable bonds is 4. The number of hydrogen-bond acceptors (Lipinski definition) is 3. The van der Waals surface area contributed by atoms with Crippen molar-refractivity contribution >= 4 is 0 Å². The molecule has 1 fully saturated rings. The Labute approximate surface area is 94.1 Å². The molecule has 2 atom stereocenters. The van der Waals surface area contributed by atoms with Crippen LogP contribution in [0.1, 0.15) is 27.2 Å². The molecule has 15 heavy (non-hydrogen) atoms. The fourth-order valence-corrected chi connectivity index (χ4v) is 2.47. The van der Waals surface area contributed by atoms with E-state index in [0.29, 0.717) is 18.7 Å². The molecule has 1 saturated heterocycles. The van der Waals surface area contributed by atoms with Crippen LogP contribution in [0.5, 0.6) is 0 Å². The van der Waals surface area contributed by atoms with Crippen molar-refractivity contribution < 1.29 is 5.11 Å². The highest BCUT2D eigenvalue weighted by Gasteiger charge is 2.28. The van der Waals surface area contributed by atoms with Gasteiger partial charge in [0.25, 0.3) is 0 Å². The van der Waals surface area contributed by atoms with Crippen molar-refractivity contribution in [2.75, 3.05) is 33.3 Å². The third-order valence-electron chi connectivity index (χ3n) is 3.35. The molecule has 1 N–H and O–H groups in total. The Hall–Kier alpha value is -0.120. The van der Waals surface area contributed by atoms with Crippen molar-refractivity contribution in [3.8, 4) is 0 Å². The molecule has 2 unspecified atom stereocenters. The first-order chi connectivity index (χ1) is 7.04. The van der Waals surface area contributed by atoms with E-state index in [0.717, 1.165) is 25.4 Å². The molecule has 90 valence electrons. The molecular formula is C12H26N2O. The quantitative estimate of drug-likeness (QED) is 0.757. The Morgan fingerprint density at radius 1 is 1.33 bits per heavy atom. The number of aliphatic hydroxyl groups is 1. The fraction of sp³-hybridized carbons (Fsp3) is 1.00. The Bertz CT molecular complexity index is 184. The van der Waals surface area contributed by atoms with Gasteiger partial charge < -0.3 is 5.11 Å². The maximum Gasteiger partial charge on any atom is 0.0446 e. The Balaban J connectivity index is 2.50. The van der Waals surface area contributed by atoms with Gasteiger partial charge in [0.2, 0.25) is 0 Å². The summed E-state index contributed by atoms with van der Waals surface area (Å²) in [4.78, 5) is 4.95. The van der Waals surface area contributed by atoms with Crippen LogP contribution in [0.15, 0.2) is 0 Å². The summed E-state index contributed by atoms with van der Waals surface area (Å²) in [6.45, 7) is 10.6. The predicted octanol–water partition coefficient (Wildman–Crippen LogP) is 1.03. The van der Waals surface area contributed by atoms with Crippen molar-refractivity contribution in [1.82, 2.24) is 9.80 Å². The van der Waals surface area contributed by atoms with E-state index in [1.54, 1.807) is 0 Å². The van der Waals surface area contributed by atoms with Crippen molar-refractivity contribution in [3.63, 3.8) is 0 Å². The van der Waals surface area contributed by atoms with Gasteiger partial charge in [-0.1, -0.05) is 13.8 Å². The normalized spacial score (nSPS) is 30.0. The fourth-order valence-electron chi connectivity index (χ4n) is 2.47. The summed E-state index contributed by atoms with van der Waals surface area (Å²) in [5.41, 5.74) is 0. The lowest BCUT2D eigenvalue weighted by Gasteiger charge is -2.44. The highest BCUT2D eigenvalue weighted by atomic mass is 16.3. The number of aliphatic hydroxyl groups excluding tert-OH is 1. The summed E-state index contributed by atoms with van der Waals surface area (Å²) in [6, 6.07) is 1.13. The van der Waals surface area contributed by atoms with E-state index in [4.69, 9.17) is 5.11 Å². The SMILES string of the molecule is CC(C)CN1CC(C)N(C)C(CCO)C1. The summed E-state index contributed by atoms with van der Waals surface area (Å²) in [5, 5.41) is 9.05. The number of nitrogens with zero attached hydrogens (tertiary/aromatic N) is 2. The molecule has 3 heteroatoms. The van der Waals surface area contributed by atoms with Gasteiger partial charge in [0.15, 0.2) is 0 Å². The van der Waals surface area contributed by atoms with Gasteiger partial charge in [0.1, 0.15) is 0 Å². The molecule has 1 heterocycles. The van der Waals surface area contributed by atoms with Gasteiger partial charge in [-0.25, -0.2) is 0 Å². The minimum absolute atomic E-state index is 0.303. The molecular weight excluding hydrogens is 188 g/mol. The zero-order valence-electron chi connectivity index (χ0n) is 10.6. The lowest BCUT2D eigenvalue weighted by atomic mass is 10.0. The van der Waals surface area contributed by atoms with Crippen LogP contribution in [0.25, 0.3) is 0 Å². The van der Waals surface area contributed by atoms with Gasteiger partial charge in [0.05, 0.1) is 0 Å². The van der Waals surface area contributed by atoms with E-state index in [1.807, 2.05) is 0 Å². The van der Waals surface area contributed by atoms with Gasteiger partial charge in [0, 0.05) is 38.3 Å². The Morgan fingerprint density at radius 2 is 2.00 bits per heavy atom. The lowest BCUT2D eigenvalue weighted by molar-refractivity contribution is 0.0338. The summed E-state index contributed by atoms with van der Waals surface area (Å²) in [7, 11) is 2.18.